The van der Waals surface area contributed by atoms with E-state index < -0.39 is 0 Å². The van der Waals surface area contributed by atoms with Crippen LogP contribution in [-0.2, 0) is 4.79 Å². The Balaban J connectivity index is 2.43. The number of hydrogen-bond donors (Lipinski definition) is 0. The van der Waals surface area contributed by atoms with Crippen LogP contribution in [0.2, 0.25) is 0 Å². The zero-order valence-electron chi connectivity index (χ0n) is 10.8. The third kappa shape index (κ3) is 3.97. The van der Waals surface area contributed by atoms with Crippen LogP contribution in [0.25, 0.3) is 0 Å². The average molecular weight is 224 g/mol. The fraction of sp³-hybridized carbons (Fsp3) is 0.769. The molecule has 1 aliphatic rings. The molecule has 0 aromatic rings. The molecular weight excluding hydrogens is 200 g/mol. The quantitative estimate of drug-likeness (QED) is 0.666. The standard InChI is InChI=1S/C13H24N2O/c1-4-7-12-8-5-11-15(12)13(16)9-6-10-14(2)3/h6,9,12H,4-5,7-8,10-11H2,1-3H3/b9-6+/t12-/m1/s1. The Morgan fingerprint density at radius 1 is 1.50 bits per heavy atom. The molecule has 0 aromatic carbocycles. The molecule has 0 saturated carbocycles. The molecule has 0 spiro atoms. The number of likely N-dealkylation sites (N-methyl/N-ethyl adjacent to an activating group) is 1. The molecule has 1 amide bonds. The molecule has 1 saturated heterocycles. The van der Waals surface area contributed by atoms with Gasteiger partial charge in [0.15, 0.2) is 0 Å². The van der Waals surface area contributed by atoms with Crippen LogP contribution in [0.5, 0.6) is 0 Å². The van der Waals surface area contributed by atoms with E-state index in [0.717, 1.165) is 32.4 Å². The van der Waals surface area contributed by atoms with E-state index in [2.05, 4.69) is 11.8 Å². The highest BCUT2D eigenvalue weighted by Gasteiger charge is 2.26. The van der Waals surface area contributed by atoms with Gasteiger partial charge in [0.1, 0.15) is 0 Å². The summed E-state index contributed by atoms with van der Waals surface area (Å²) in [5.41, 5.74) is 0. The smallest absolute Gasteiger partial charge is 0.246 e. The first kappa shape index (κ1) is 13.2. The van der Waals surface area contributed by atoms with Crippen LogP contribution in [-0.4, -0.2) is 48.9 Å². The van der Waals surface area contributed by atoms with Crippen LogP contribution < -0.4 is 0 Å². The van der Waals surface area contributed by atoms with E-state index in [1.165, 1.54) is 6.42 Å². The summed E-state index contributed by atoms with van der Waals surface area (Å²) < 4.78 is 0. The molecule has 1 fully saturated rings. The van der Waals surface area contributed by atoms with Gasteiger partial charge in [-0.15, -0.1) is 0 Å². The Hall–Kier alpha value is -0.830. The predicted molar refractivity (Wildman–Crippen MR) is 67.3 cm³/mol. The molecule has 1 heterocycles. The minimum Gasteiger partial charge on any atom is -0.336 e. The number of amides is 1. The van der Waals surface area contributed by atoms with Gasteiger partial charge in [-0.05, 0) is 33.4 Å². The SMILES string of the molecule is CCC[C@@H]1CCCN1C(=O)/C=C/CN(C)C. The molecular formula is C13H24N2O. The third-order valence-electron chi connectivity index (χ3n) is 3.01. The van der Waals surface area contributed by atoms with Gasteiger partial charge in [0, 0.05) is 25.2 Å². The second kappa shape index (κ2) is 6.69. The number of likely N-dealkylation sites (tertiary alicyclic amines) is 1. The molecule has 1 rings (SSSR count). The van der Waals surface area contributed by atoms with E-state index in [0.29, 0.717) is 6.04 Å². The summed E-state index contributed by atoms with van der Waals surface area (Å²) in [5, 5.41) is 0. The zero-order valence-corrected chi connectivity index (χ0v) is 10.8. The van der Waals surface area contributed by atoms with E-state index in [-0.39, 0.29) is 5.91 Å². The molecule has 3 nitrogen and oxygen atoms in total. The van der Waals surface area contributed by atoms with Crippen LogP contribution in [0.4, 0.5) is 0 Å². The van der Waals surface area contributed by atoms with Gasteiger partial charge in [-0.1, -0.05) is 19.4 Å². The summed E-state index contributed by atoms with van der Waals surface area (Å²) in [4.78, 5) is 16.0. The number of nitrogens with zero attached hydrogens (tertiary/aromatic N) is 2. The first-order valence-electron chi connectivity index (χ1n) is 6.27. The van der Waals surface area contributed by atoms with E-state index >= 15 is 0 Å². The lowest BCUT2D eigenvalue weighted by Crippen LogP contribution is -2.34. The maximum absolute atomic E-state index is 11.9. The molecule has 1 aliphatic heterocycles. The van der Waals surface area contributed by atoms with Crippen molar-refractivity contribution in [3.05, 3.63) is 12.2 Å². The summed E-state index contributed by atoms with van der Waals surface area (Å²) in [6, 6.07) is 0.488. The van der Waals surface area contributed by atoms with Crippen molar-refractivity contribution in [2.45, 2.75) is 38.6 Å². The number of rotatable bonds is 5. The Morgan fingerprint density at radius 2 is 2.25 bits per heavy atom. The molecule has 3 heteroatoms. The Morgan fingerprint density at radius 3 is 2.88 bits per heavy atom. The monoisotopic (exact) mass is 224 g/mol. The summed E-state index contributed by atoms with van der Waals surface area (Å²) >= 11 is 0. The van der Waals surface area contributed by atoms with Crippen molar-refractivity contribution in [3.63, 3.8) is 0 Å². The second-order valence-corrected chi connectivity index (χ2v) is 4.78. The molecule has 0 bridgehead atoms. The maximum atomic E-state index is 11.9. The molecule has 92 valence electrons. The minimum atomic E-state index is 0.192. The largest absolute Gasteiger partial charge is 0.336 e. The lowest BCUT2D eigenvalue weighted by molar-refractivity contribution is -0.126. The van der Waals surface area contributed by atoms with Crippen LogP contribution in [0, 0.1) is 0 Å². The van der Waals surface area contributed by atoms with Crippen molar-refractivity contribution in [1.29, 1.82) is 0 Å². The molecule has 0 aromatic heterocycles. The van der Waals surface area contributed by atoms with Gasteiger partial charge in [-0.25, -0.2) is 0 Å². The highest BCUT2D eigenvalue weighted by atomic mass is 16.2. The minimum absolute atomic E-state index is 0.192. The van der Waals surface area contributed by atoms with Gasteiger partial charge in [0.2, 0.25) is 5.91 Å². The summed E-state index contributed by atoms with van der Waals surface area (Å²) in [7, 11) is 4.01. The number of carbonyl (C=O) groups is 1. The Kier molecular flexibility index (Phi) is 5.53. The molecule has 0 N–H and O–H groups in total. The zero-order chi connectivity index (χ0) is 12.0. The lowest BCUT2D eigenvalue weighted by Gasteiger charge is -2.23. The van der Waals surface area contributed by atoms with Crippen LogP contribution in [0.3, 0.4) is 0 Å². The van der Waals surface area contributed by atoms with Crippen LogP contribution >= 0.6 is 0 Å². The lowest BCUT2D eigenvalue weighted by atomic mass is 10.1. The Bertz CT molecular complexity index is 248. The van der Waals surface area contributed by atoms with Gasteiger partial charge >= 0.3 is 0 Å². The van der Waals surface area contributed by atoms with Crippen LogP contribution in [0.15, 0.2) is 12.2 Å². The predicted octanol–water partition coefficient (Wildman–Crippen LogP) is 1.90. The van der Waals surface area contributed by atoms with Crippen molar-refractivity contribution in [2.24, 2.45) is 0 Å². The molecule has 0 unspecified atom stereocenters. The molecule has 0 radical (unpaired) electrons. The van der Waals surface area contributed by atoms with Gasteiger partial charge in [0.05, 0.1) is 0 Å². The highest BCUT2D eigenvalue weighted by molar-refractivity contribution is 5.88. The van der Waals surface area contributed by atoms with Gasteiger partial charge in [-0.3, -0.25) is 4.79 Å². The van der Waals surface area contributed by atoms with E-state index in [1.54, 1.807) is 6.08 Å². The summed E-state index contributed by atoms with van der Waals surface area (Å²) in [6.07, 6.45) is 8.33. The van der Waals surface area contributed by atoms with E-state index in [9.17, 15) is 4.79 Å². The van der Waals surface area contributed by atoms with Crippen molar-refractivity contribution >= 4 is 5.91 Å². The van der Waals surface area contributed by atoms with Crippen LogP contribution in [0.1, 0.15) is 32.6 Å². The molecule has 16 heavy (non-hydrogen) atoms. The first-order chi connectivity index (χ1) is 7.65. The topological polar surface area (TPSA) is 23.6 Å². The van der Waals surface area contributed by atoms with Crippen molar-refractivity contribution in [2.75, 3.05) is 27.2 Å². The fourth-order valence-electron chi connectivity index (χ4n) is 2.22. The molecule has 1 atom stereocenters. The van der Waals surface area contributed by atoms with Gasteiger partial charge in [-0.2, -0.15) is 0 Å². The van der Waals surface area contributed by atoms with Crippen molar-refractivity contribution in [3.8, 4) is 0 Å². The van der Waals surface area contributed by atoms with Gasteiger partial charge in [0.25, 0.3) is 0 Å². The third-order valence-corrected chi connectivity index (χ3v) is 3.01. The van der Waals surface area contributed by atoms with E-state index in [4.69, 9.17) is 0 Å². The second-order valence-electron chi connectivity index (χ2n) is 4.78. The average Bonchev–Trinajstić information content (AvgIpc) is 2.66. The van der Waals surface area contributed by atoms with E-state index in [1.807, 2.05) is 25.1 Å². The van der Waals surface area contributed by atoms with Gasteiger partial charge < -0.3 is 9.80 Å². The molecule has 0 aliphatic carbocycles. The maximum Gasteiger partial charge on any atom is 0.246 e. The normalized spacial score (nSPS) is 21.2. The fourth-order valence-corrected chi connectivity index (χ4v) is 2.22. The van der Waals surface area contributed by atoms with Crippen molar-refractivity contribution < 1.29 is 4.79 Å². The highest BCUT2D eigenvalue weighted by Crippen LogP contribution is 2.21. The number of carbonyl (C=O) groups excluding carboxylic acids is 1. The first-order valence-corrected chi connectivity index (χ1v) is 6.27. The van der Waals surface area contributed by atoms with Crippen molar-refractivity contribution in [1.82, 2.24) is 9.80 Å². The Labute approximate surface area is 99.1 Å². The summed E-state index contributed by atoms with van der Waals surface area (Å²) in [5.74, 6) is 0.192. The summed E-state index contributed by atoms with van der Waals surface area (Å²) in [6.45, 7) is 3.96. The number of hydrogen-bond acceptors (Lipinski definition) is 2.